The first-order valence-corrected chi connectivity index (χ1v) is 8.11. The quantitative estimate of drug-likeness (QED) is 0.598. The number of guanidine groups is 1. The summed E-state index contributed by atoms with van der Waals surface area (Å²) in [7, 11) is 3.34. The second-order valence-electron chi connectivity index (χ2n) is 5.48. The van der Waals surface area contributed by atoms with Crippen LogP contribution in [0, 0.1) is 5.82 Å². The minimum atomic E-state index is -0.368. The molecule has 5 nitrogen and oxygen atoms in total. The predicted molar refractivity (Wildman–Crippen MR) is 97.7 cm³/mol. The summed E-state index contributed by atoms with van der Waals surface area (Å²) in [5.41, 5.74) is 1.03. The van der Waals surface area contributed by atoms with E-state index in [1.54, 1.807) is 32.4 Å². The minimum Gasteiger partial charge on any atom is -0.496 e. The molecule has 0 spiro atoms. The minimum absolute atomic E-state index is 0.221. The van der Waals surface area contributed by atoms with Crippen molar-refractivity contribution in [3.63, 3.8) is 0 Å². The van der Waals surface area contributed by atoms with Crippen LogP contribution in [0.25, 0.3) is 0 Å². The molecule has 0 saturated carbocycles. The number of para-hydroxylation sites is 2. The summed E-state index contributed by atoms with van der Waals surface area (Å²) in [4.78, 5) is 4.18. The number of halogens is 1. The van der Waals surface area contributed by atoms with Gasteiger partial charge in [-0.15, -0.1) is 0 Å². The average molecular weight is 345 g/mol. The van der Waals surface area contributed by atoms with Gasteiger partial charge in [0.05, 0.1) is 13.7 Å². The van der Waals surface area contributed by atoms with Gasteiger partial charge in [-0.3, -0.25) is 4.99 Å². The third-order valence-electron chi connectivity index (χ3n) is 3.58. The molecule has 2 rings (SSSR count). The summed E-state index contributed by atoms with van der Waals surface area (Å²) in [6, 6.07) is 14.2. The molecule has 0 heterocycles. The molecule has 0 radical (unpaired) electrons. The average Bonchev–Trinajstić information content (AvgIpc) is 2.64. The Hall–Kier alpha value is -2.76. The summed E-state index contributed by atoms with van der Waals surface area (Å²) in [6.07, 6.45) is -0.221. The van der Waals surface area contributed by atoms with E-state index < -0.39 is 0 Å². The van der Waals surface area contributed by atoms with Crippen molar-refractivity contribution < 1.29 is 13.9 Å². The maximum atomic E-state index is 13.6. The van der Waals surface area contributed by atoms with Crippen molar-refractivity contribution in [2.75, 3.05) is 20.7 Å². The molecule has 0 aromatic heterocycles. The molecule has 134 valence electrons. The van der Waals surface area contributed by atoms with Gasteiger partial charge < -0.3 is 20.1 Å². The van der Waals surface area contributed by atoms with Gasteiger partial charge in [-0.2, -0.15) is 0 Å². The Balaban J connectivity index is 1.83. The Kier molecular flexibility index (Phi) is 7.07. The van der Waals surface area contributed by atoms with E-state index in [1.165, 1.54) is 6.07 Å². The summed E-state index contributed by atoms with van der Waals surface area (Å²) >= 11 is 0. The second kappa shape index (κ2) is 9.52. The molecule has 0 aliphatic heterocycles. The monoisotopic (exact) mass is 345 g/mol. The Bertz CT molecular complexity index is 707. The number of benzene rings is 2. The van der Waals surface area contributed by atoms with Crippen LogP contribution in [0.3, 0.4) is 0 Å². The van der Waals surface area contributed by atoms with Gasteiger partial charge >= 0.3 is 0 Å². The van der Waals surface area contributed by atoms with Gasteiger partial charge in [-0.25, -0.2) is 4.39 Å². The molecule has 0 aliphatic carbocycles. The molecule has 0 fully saturated rings. The van der Waals surface area contributed by atoms with Gasteiger partial charge in [0.1, 0.15) is 11.9 Å². The molecule has 0 saturated heterocycles. The maximum Gasteiger partial charge on any atom is 0.191 e. The summed E-state index contributed by atoms with van der Waals surface area (Å²) in [5, 5.41) is 6.39. The van der Waals surface area contributed by atoms with Crippen molar-refractivity contribution in [2.24, 2.45) is 4.99 Å². The number of hydrogen-bond acceptors (Lipinski definition) is 3. The van der Waals surface area contributed by atoms with E-state index in [1.807, 2.05) is 31.2 Å². The first-order valence-electron chi connectivity index (χ1n) is 8.11. The van der Waals surface area contributed by atoms with Gasteiger partial charge in [-0.1, -0.05) is 30.3 Å². The first kappa shape index (κ1) is 18.6. The highest BCUT2D eigenvalue weighted by Crippen LogP contribution is 2.17. The lowest BCUT2D eigenvalue weighted by molar-refractivity contribution is 0.214. The maximum absolute atomic E-state index is 13.6. The van der Waals surface area contributed by atoms with E-state index in [4.69, 9.17) is 9.47 Å². The topological polar surface area (TPSA) is 54.9 Å². The largest absolute Gasteiger partial charge is 0.496 e. The number of nitrogens with zero attached hydrogens (tertiary/aromatic N) is 1. The van der Waals surface area contributed by atoms with E-state index in [9.17, 15) is 4.39 Å². The van der Waals surface area contributed by atoms with E-state index >= 15 is 0 Å². The van der Waals surface area contributed by atoms with Crippen molar-refractivity contribution in [3.05, 3.63) is 59.9 Å². The number of ether oxygens (including phenoxy) is 2. The fraction of sp³-hybridized carbons (Fsp3) is 0.316. The zero-order valence-electron chi connectivity index (χ0n) is 14.8. The highest BCUT2D eigenvalue weighted by atomic mass is 19.1. The second-order valence-corrected chi connectivity index (χ2v) is 5.48. The summed E-state index contributed by atoms with van der Waals surface area (Å²) < 4.78 is 24.5. The van der Waals surface area contributed by atoms with E-state index in [2.05, 4.69) is 15.6 Å². The molecule has 0 aliphatic rings. The number of rotatable bonds is 7. The first-order chi connectivity index (χ1) is 12.1. The Morgan fingerprint density at radius 2 is 1.76 bits per heavy atom. The van der Waals surface area contributed by atoms with Crippen molar-refractivity contribution >= 4 is 5.96 Å². The van der Waals surface area contributed by atoms with Crippen LogP contribution < -0.4 is 20.1 Å². The molecule has 0 bridgehead atoms. The molecule has 2 aromatic carbocycles. The van der Waals surface area contributed by atoms with Crippen LogP contribution in [0.1, 0.15) is 12.5 Å². The van der Waals surface area contributed by atoms with Gasteiger partial charge in [0.2, 0.25) is 0 Å². The summed E-state index contributed by atoms with van der Waals surface area (Å²) in [6.45, 7) is 2.93. The third-order valence-corrected chi connectivity index (χ3v) is 3.58. The van der Waals surface area contributed by atoms with Crippen LogP contribution in [-0.4, -0.2) is 32.8 Å². The van der Waals surface area contributed by atoms with E-state index in [0.29, 0.717) is 19.0 Å². The number of methoxy groups -OCH3 is 1. The van der Waals surface area contributed by atoms with E-state index in [-0.39, 0.29) is 17.7 Å². The molecule has 0 amide bonds. The van der Waals surface area contributed by atoms with Gasteiger partial charge in [0, 0.05) is 19.2 Å². The molecular weight excluding hydrogens is 321 g/mol. The highest BCUT2D eigenvalue weighted by molar-refractivity contribution is 5.79. The normalized spacial score (nSPS) is 12.4. The SMILES string of the molecule is CN=C(NCc1ccccc1OC)NCC(C)Oc1ccccc1F. The van der Waals surface area contributed by atoms with Gasteiger partial charge in [0.25, 0.3) is 0 Å². The standard InChI is InChI=1S/C19H24FN3O2/c1-14(25-18-11-7-5-9-16(18)20)12-22-19(21-2)23-13-15-8-4-6-10-17(15)24-3/h4-11,14H,12-13H2,1-3H3,(H2,21,22,23). The van der Waals surface area contributed by atoms with Crippen LogP contribution in [0.15, 0.2) is 53.5 Å². The Morgan fingerprint density at radius 3 is 2.44 bits per heavy atom. The van der Waals surface area contributed by atoms with Gasteiger partial charge in [-0.05, 0) is 25.1 Å². The fourth-order valence-corrected chi connectivity index (χ4v) is 2.29. The molecule has 1 atom stereocenters. The molecule has 25 heavy (non-hydrogen) atoms. The van der Waals surface area contributed by atoms with Crippen molar-refractivity contribution in [2.45, 2.75) is 19.6 Å². The molecular formula is C19H24FN3O2. The van der Waals surface area contributed by atoms with E-state index in [0.717, 1.165) is 11.3 Å². The van der Waals surface area contributed by atoms with Crippen molar-refractivity contribution in [1.29, 1.82) is 0 Å². The van der Waals surface area contributed by atoms with Crippen LogP contribution >= 0.6 is 0 Å². The van der Waals surface area contributed by atoms with Crippen molar-refractivity contribution in [3.8, 4) is 11.5 Å². The molecule has 1 unspecified atom stereocenters. The lowest BCUT2D eigenvalue weighted by Crippen LogP contribution is -2.41. The number of hydrogen-bond donors (Lipinski definition) is 2. The Labute approximate surface area is 147 Å². The van der Waals surface area contributed by atoms with Gasteiger partial charge in [0.15, 0.2) is 17.5 Å². The fourth-order valence-electron chi connectivity index (χ4n) is 2.29. The lowest BCUT2D eigenvalue weighted by atomic mass is 10.2. The number of nitrogens with one attached hydrogen (secondary N) is 2. The third kappa shape index (κ3) is 5.67. The lowest BCUT2D eigenvalue weighted by Gasteiger charge is -2.18. The smallest absolute Gasteiger partial charge is 0.191 e. The van der Waals surface area contributed by atoms with Crippen LogP contribution in [0.4, 0.5) is 4.39 Å². The summed E-state index contributed by atoms with van der Waals surface area (Å²) in [5.74, 6) is 1.33. The van der Waals surface area contributed by atoms with Crippen LogP contribution in [0.2, 0.25) is 0 Å². The Morgan fingerprint density at radius 1 is 1.08 bits per heavy atom. The molecule has 6 heteroatoms. The van der Waals surface area contributed by atoms with Crippen LogP contribution in [-0.2, 0) is 6.54 Å². The number of aliphatic imine (C=N–C) groups is 1. The van der Waals surface area contributed by atoms with Crippen LogP contribution in [0.5, 0.6) is 11.5 Å². The zero-order valence-corrected chi connectivity index (χ0v) is 14.8. The molecule has 2 N–H and O–H groups in total. The zero-order chi connectivity index (χ0) is 18.1. The highest BCUT2D eigenvalue weighted by Gasteiger charge is 2.09. The molecule has 2 aromatic rings. The van der Waals surface area contributed by atoms with Crippen molar-refractivity contribution in [1.82, 2.24) is 10.6 Å². The predicted octanol–water partition coefficient (Wildman–Crippen LogP) is 2.97.